The molecular weight excluding hydrogens is 388 g/mol. The molecule has 1 amide bonds. The summed E-state index contributed by atoms with van der Waals surface area (Å²) in [5.41, 5.74) is -2.76. The van der Waals surface area contributed by atoms with Crippen LogP contribution in [0.1, 0.15) is 11.1 Å². The average molecular weight is 398 g/mol. The van der Waals surface area contributed by atoms with Crippen molar-refractivity contribution < 1.29 is 35.9 Å². The van der Waals surface area contributed by atoms with Crippen molar-refractivity contribution in [1.82, 2.24) is 0 Å². The van der Waals surface area contributed by atoms with Gasteiger partial charge in [-0.2, -0.15) is 26.3 Å². The lowest BCUT2D eigenvalue weighted by Crippen LogP contribution is -2.20. The number of carbonyl (C=O) groups is 1. The highest BCUT2D eigenvalue weighted by Gasteiger charge is 2.37. The number of nitrogens with one attached hydrogen (secondary N) is 1. The summed E-state index contributed by atoms with van der Waals surface area (Å²) in [4.78, 5) is 11.7. The molecule has 2 aromatic rings. The van der Waals surface area contributed by atoms with Crippen LogP contribution >= 0.6 is 11.6 Å². The van der Waals surface area contributed by atoms with Crippen LogP contribution in [0.2, 0.25) is 5.02 Å². The van der Waals surface area contributed by atoms with Crippen molar-refractivity contribution in [1.29, 1.82) is 0 Å². The van der Waals surface area contributed by atoms with E-state index in [1.54, 1.807) is 12.1 Å². The van der Waals surface area contributed by atoms with Crippen LogP contribution in [0.4, 0.5) is 32.0 Å². The largest absolute Gasteiger partial charge is 0.484 e. The molecule has 3 nitrogen and oxygen atoms in total. The Morgan fingerprint density at radius 2 is 1.54 bits per heavy atom. The number of ether oxygens (including phenoxy) is 1. The average Bonchev–Trinajstić information content (AvgIpc) is 2.51. The molecule has 0 aromatic heterocycles. The molecule has 0 aliphatic rings. The van der Waals surface area contributed by atoms with Crippen LogP contribution in [0.5, 0.6) is 5.75 Å². The standard InChI is InChI=1S/C16H10ClF6NO2/c17-11-2-1-3-12(7-11)24-14(25)8-26-13-5-9(15(18,19)20)4-10(6-13)16(21,22)23/h1-7H,8H2,(H,24,25). The third-order valence-corrected chi connectivity index (χ3v) is 3.27. The molecule has 0 radical (unpaired) electrons. The summed E-state index contributed by atoms with van der Waals surface area (Å²) in [6.45, 7) is -0.787. The monoisotopic (exact) mass is 397 g/mol. The van der Waals surface area contributed by atoms with Crippen molar-refractivity contribution >= 4 is 23.2 Å². The van der Waals surface area contributed by atoms with Crippen molar-refractivity contribution in [3.8, 4) is 5.75 Å². The molecule has 2 aromatic carbocycles. The smallest absolute Gasteiger partial charge is 0.416 e. The second-order valence-corrected chi connectivity index (χ2v) is 5.53. The molecule has 2 rings (SSSR count). The lowest BCUT2D eigenvalue weighted by Gasteiger charge is -2.14. The minimum atomic E-state index is -5.00. The summed E-state index contributed by atoms with van der Waals surface area (Å²) < 4.78 is 81.3. The van der Waals surface area contributed by atoms with Gasteiger partial charge in [-0.15, -0.1) is 0 Å². The molecule has 0 aliphatic heterocycles. The van der Waals surface area contributed by atoms with Gasteiger partial charge in [0.15, 0.2) is 6.61 Å². The molecule has 0 atom stereocenters. The van der Waals surface area contributed by atoms with Gasteiger partial charge in [-0.05, 0) is 36.4 Å². The number of benzene rings is 2. The normalized spacial score (nSPS) is 12.0. The van der Waals surface area contributed by atoms with E-state index in [4.69, 9.17) is 16.3 Å². The maximum Gasteiger partial charge on any atom is 0.416 e. The van der Waals surface area contributed by atoms with Crippen LogP contribution in [-0.4, -0.2) is 12.5 Å². The highest BCUT2D eigenvalue weighted by molar-refractivity contribution is 6.30. The van der Waals surface area contributed by atoms with E-state index in [2.05, 4.69) is 5.32 Å². The molecule has 0 saturated carbocycles. The predicted molar refractivity (Wildman–Crippen MR) is 82.0 cm³/mol. The third-order valence-electron chi connectivity index (χ3n) is 3.04. The van der Waals surface area contributed by atoms with Crippen molar-refractivity contribution in [2.24, 2.45) is 0 Å². The Labute approximate surface area is 148 Å². The number of anilines is 1. The van der Waals surface area contributed by atoms with Crippen LogP contribution in [0, 0.1) is 0 Å². The Balaban J connectivity index is 2.14. The van der Waals surface area contributed by atoms with Gasteiger partial charge in [-0.3, -0.25) is 4.79 Å². The highest BCUT2D eigenvalue weighted by Crippen LogP contribution is 2.38. The zero-order valence-corrected chi connectivity index (χ0v) is 13.5. The van der Waals surface area contributed by atoms with Gasteiger partial charge in [0.05, 0.1) is 11.1 Å². The number of halogens is 7. The minimum Gasteiger partial charge on any atom is -0.484 e. The van der Waals surface area contributed by atoms with Crippen molar-refractivity contribution in [3.05, 3.63) is 58.6 Å². The first-order chi connectivity index (χ1) is 11.9. The fourth-order valence-corrected chi connectivity index (χ4v) is 2.11. The maximum atomic E-state index is 12.7. The first-order valence-corrected chi connectivity index (χ1v) is 7.30. The Bertz CT molecular complexity index is 772. The topological polar surface area (TPSA) is 38.3 Å². The molecule has 0 fully saturated rings. The molecular formula is C16H10ClF6NO2. The van der Waals surface area contributed by atoms with Crippen molar-refractivity contribution in [2.45, 2.75) is 12.4 Å². The van der Waals surface area contributed by atoms with Crippen molar-refractivity contribution in [2.75, 3.05) is 11.9 Å². The maximum absolute atomic E-state index is 12.7. The quantitative estimate of drug-likeness (QED) is 0.702. The van der Waals surface area contributed by atoms with Crippen LogP contribution in [-0.2, 0) is 17.1 Å². The predicted octanol–water partition coefficient (Wildman–Crippen LogP) is 5.40. The molecule has 0 saturated heterocycles. The summed E-state index contributed by atoms with van der Waals surface area (Å²) in [5.74, 6) is -1.51. The molecule has 0 heterocycles. The Hall–Kier alpha value is -2.42. The van der Waals surface area contributed by atoms with E-state index >= 15 is 0 Å². The SMILES string of the molecule is O=C(COc1cc(C(F)(F)F)cc(C(F)(F)F)c1)Nc1cccc(Cl)c1. The van der Waals surface area contributed by atoms with Crippen LogP contribution < -0.4 is 10.1 Å². The van der Waals surface area contributed by atoms with E-state index in [-0.39, 0.29) is 6.07 Å². The molecule has 0 aliphatic carbocycles. The number of carbonyl (C=O) groups excluding carboxylic acids is 1. The van der Waals surface area contributed by atoms with Gasteiger partial charge in [0.1, 0.15) is 5.75 Å². The molecule has 10 heteroatoms. The Kier molecular flexibility index (Phi) is 5.70. The van der Waals surface area contributed by atoms with Gasteiger partial charge in [-0.25, -0.2) is 0 Å². The number of amides is 1. The number of rotatable bonds is 4. The van der Waals surface area contributed by atoms with E-state index in [9.17, 15) is 31.1 Å². The van der Waals surface area contributed by atoms with E-state index in [0.717, 1.165) is 0 Å². The van der Waals surface area contributed by atoms with E-state index in [1.807, 2.05) is 0 Å². The number of hydrogen-bond donors (Lipinski definition) is 1. The first kappa shape index (κ1) is 19.9. The fourth-order valence-electron chi connectivity index (χ4n) is 1.92. The summed E-state index contributed by atoms with van der Waals surface area (Å²) in [6.07, 6.45) is -10.00. The highest BCUT2D eigenvalue weighted by atomic mass is 35.5. The second kappa shape index (κ2) is 7.45. The second-order valence-electron chi connectivity index (χ2n) is 5.09. The van der Waals surface area contributed by atoms with Crippen molar-refractivity contribution in [3.63, 3.8) is 0 Å². The van der Waals surface area contributed by atoms with Crippen LogP contribution in [0.25, 0.3) is 0 Å². The molecule has 0 bridgehead atoms. The third kappa shape index (κ3) is 5.55. The summed E-state index contributed by atoms with van der Waals surface area (Å²) in [5, 5.41) is 2.68. The van der Waals surface area contributed by atoms with Gasteiger partial charge in [0.25, 0.3) is 5.91 Å². The lowest BCUT2D eigenvalue weighted by molar-refractivity contribution is -0.143. The first-order valence-electron chi connectivity index (χ1n) is 6.93. The minimum absolute atomic E-state index is 0.0289. The van der Waals surface area contributed by atoms with Crippen LogP contribution in [0.3, 0.4) is 0 Å². The van der Waals surface area contributed by atoms with Crippen LogP contribution in [0.15, 0.2) is 42.5 Å². The number of alkyl halides is 6. The zero-order chi connectivity index (χ0) is 19.5. The molecule has 26 heavy (non-hydrogen) atoms. The number of hydrogen-bond acceptors (Lipinski definition) is 2. The van der Waals surface area contributed by atoms with Gasteiger partial charge < -0.3 is 10.1 Å². The van der Waals surface area contributed by atoms with Gasteiger partial charge in [-0.1, -0.05) is 17.7 Å². The van der Waals surface area contributed by atoms with E-state index in [1.165, 1.54) is 12.1 Å². The van der Waals surface area contributed by atoms with Gasteiger partial charge in [0.2, 0.25) is 0 Å². The molecule has 0 unspecified atom stereocenters. The van der Waals surface area contributed by atoms with Gasteiger partial charge in [0, 0.05) is 10.7 Å². The molecule has 0 spiro atoms. The summed E-state index contributed by atoms with van der Waals surface area (Å²) >= 11 is 5.73. The van der Waals surface area contributed by atoms with E-state index < -0.39 is 41.7 Å². The lowest BCUT2D eigenvalue weighted by atomic mass is 10.1. The Morgan fingerprint density at radius 1 is 0.962 bits per heavy atom. The van der Waals surface area contributed by atoms with E-state index in [0.29, 0.717) is 22.8 Å². The Morgan fingerprint density at radius 3 is 2.04 bits per heavy atom. The molecule has 1 N–H and O–H groups in total. The van der Waals surface area contributed by atoms with Gasteiger partial charge >= 0.3 is 12.4 Å². The zero-order valence-electron chi connectivity index (χ0n) is 12.7. The summed E-state index contributed by atoms with van der Waals surface area (Å²) in [6, 6.07) is 6.75. The summed E-state index contributed by atoms with van der Waals surface area (Å²) in [7, 11) is 0. The fraction of sp³-hybridized carbons (Fsp3) is 0.188. The molecule has 140 valence electrons.